The molecule has 0 saturated heterocycles. The molecule has 3 aliphatic heterocycles. The highest BCUT2D eigenvalue weighted by atomic mass is 16.5. The molecule has 1 aromatic heterocycles. The molecular weight excluding hydrogens is 312 g/mol. The van der Waals surface area contributed by atoms with Gasteiger partial charge in [0.15, 0.2) is 11.5 Å². The van der Waals surface area contributed by atoms with Gasteiger partial charge in [-0.25, -0.2) is 4.58 Å². The maximum absolute atomic E-state index is 13.3. The summed E-state index contributed by atoms with van der Waals surface area (Å²) in [6, 6.07) is 8.66. The molecular formula is C21H25N2O2+. The predicted molar refractivity (Wildman–Crippen MR) is 97.2 cm³/mol. The number of benzene rings is 1. The van der Waals surface area contributed by atoms with E-state index in [2.05, 4.69) is 47.0 Å². The summed E-state index contributed by atoms with van der Waals surface area (Å²) in [5, 5.41) is 1.26. The highest BCUT2D eigenvalue weighted by Crippen LogP contribution is 2.52. The van der Waals surface area contributed by atoms with E-state index in [1.807, 2.05) is 0 Å². The topological polar surface area (TPSA) is 45.1 Å². The second kappa shape index (κ2) is 5.20. The van der Waals surface area contributed by atoms with Crippen molar-refractivity contribution in [2.24, 2.45) is 11.8 Å². The van der Waals surface area contributed by atoms with Crippen molar-refractivity contribution in [1.29, 1.82) is 0 Å². The zero-order valence-electron chi connectivity index (χ0n) is 14.9. The summed E-state index contributed by atoms with van der Waals surface area (Å²) in [5.41, 5.74) is 3.03. The van der Waals surface area contributed by atoms with Crippen molar-refractivity contribution < 1.29 is 14.1 Å². The van der Waals surface area contributed by atoms with Crippen LogP contribution in [0.4, 0.5) is 0 Å². The number of hydrogen-bond acceptors (Lipinski definition) is 2. The lowest BCUT2D eigenvalue weighted by molar-refractivity contribution is -0.592. The Morgan fingerprint density at radius 1 is 1.40 bits per heavy atom. The van der Waals surface area contributed by atoms with Gasteiger partial charge in [0.25, 0.3) is 0 Å². The fraction of sp³-hybridized carbons (Fsp3) is 0.524. The van der Waals surface area contributed by atoms with Gasteiger partial charge in [0.05, 0.1) is 7.11 Å². The van der Waals surface area contributed by atoms with E-state index in [1.165, 1.54) is 17.4 Å². The van der Waals surface area contributed by atoms with Crippen LogP contribution in [0.1, 0.15) is 37.4 Å². The van der Waals surface area contributed by atoms with Crippen LogP contribution >= 0.6 is 0 Å². The minimum Gasteiger partial charge on any atom is -0.468 e. The predicted octanol–water partition coefficient (Wildman–Crippen LogP) is 3.04. The Bertz CT molecular complexity index is 896. The third-order valence-electron chi connectivity index (χ3n) is 6.85. The van der Waals surface area contributed by atoms with E-state index < -0.39 is 5.41 Å². The highest BCUT2D eigenvalue weighted by molar-refractivity contribution is 5.92. The van der Waals surface area contributed by atoms with E-state index in [4.69, 9.17) is 4.74 Å². The second-order valence-corrected chi connectivity index (χ2v) is 7.94. The zero-order valence-corrected chi connectivity index (χ0v) is 14.9. The van der Waals surface area contributed by atoms with Gasteiger partial charge in [0.2, 0.25) is 0 Å². The summed E-state index contributed by atoms with van der Waals surface area (Å²) in [6.07, 6.45) is 6.57. The first-order valence-corrected chi connectivity index (χ1v) is 9.48. The zero-order chi connectivity index (χ0) is 17.2. The molecule has 0 amide bonds. The molecule has 2 unspecified atom stereocenters. The van der Waals surface area contributed by atoms with Crippen molar-refractivity contribution >= 4 is 23.1 Å². The summed E-state index contributed by atoms with van der Waals surface area (Å²) in [7, 11) is 1.54. The van der Waals surface area contributed by atoms with Gasteiger partial charge in [-0.15, -0.1) is 0 Å². The number of hydrogen-bond donors (Lipinski definition) is 1. The Labute approximate surface area is 147 Å². The number of nitrogens with zero attached hydrogens (tertiary/aromatic N) is 1. The standard InChI is InChI=1S/C21H25N2O2/c1-3-14-10-13-11-21(20(24)25-2)18-16(8-9-23(12-13)19(14)21)15-6-4-5-7-17(15)22-18/h4-7,12-14,19,22H,3,8-11H2,1-2H3/q+1/t13-,14?,19?,21+/m0/s1. The number of aromatic amines is 1. The molecule has 0 radical (unpaired) electrons. The van der Waals surface area contributed by atoms with Gasteiger partial charge >= 0.3 is 5.97 Å². The maximum atomic E-state index is 13.3. The molecule has 4 nitrogen and oxygen atoms in total. The average molecular weight is 337 g/mol. The smallest absolute Gasteiger partial charge is 0.324 e. The third-order valence-corrected chi connectivity index (χ3v) is 6.85. The molecule has 4 heteroatoms. The SMILES string of the molecule is CCC1C[C@@H]2C=[N+]3CCc4c([nH]c5ccccc45)[C@](C(=O)OC)(C2)C13. The average Bonchev–Trinajstić information content (AvgIpc) is 3.00. The van der Waals surface area contributed by atoms with Gasteiger partial charge < -0.3 is 9.72 Å². The number of carbonyl (C=O) groups excluding carboxylic acids is 1. The Balaban J connectivity index is 1.83. The van der Waals surface area contributed by atoms with Gasteiger partial charge in [-0.05, 0) is 30.9 Å². The summed E-state index contributed by atoms with van der Waals surface area (Å²) < 4.78 is 7.90. The molecule has 1 aromatic carbocycles. The Morgan fingerprint density at radius 3 is 3.04 bits per heavy atom. The number of carbonyl (C=O) groups is 1. The van der Waals surface area contributed by atoms with Crippen LogP contribution in [-0.2, 0) is 21.4 Å². The number of methoxy groups -OCH3 is 1. The van der Waals surface area contributed by atoms with Gasteiger partial charge in [0.1, 0.15) is 12.8 Å². The van der Waals surface area contributed by atoms with Gasteiger partial charge in [-0.2, -0.15) is 0 Å². The lowest BCUT2D eigenvalue weighted by Gasteiger charge is -2.47. The lowest BCUT2D eigenvalue weighted by atomic mass is 9.57. The van der Waals surface area contributed by atoms with Crippen LogP contribution in [0.5, 0.6) is 0 Å². The van der Waals surface area contributed by atoms with Crippen molar-refractivity contribution in [3.05, 3.63) is 35.5 Å². The first-order chi connectivity index (χ1) is 12.2. The van der Waals surface area contributed by atoms with Crippen LogP contribution in [0.3, 0.4) is 0 Å². The van der Waals surface area contributed by atoms with Crippen molar-refractivity contribution in [2.75, 3.05) is 13.7 Å². The summed E-state index contributed by atoms with van der Waals surface area (Å²) in [5.74, 6) is 0.945. The van der Waals surface area contributed by atoms with Crippen LogP contribution in [0.15, 0.2) is 24.3 Å². The molecule has 1 fully saturated rings. The number of ether oxygens (including phenoxy) is 1. The molecule has 4 heterocycles. The second-order valence-electron chi connectivity index (χ2n) is 7.94. The van der Waals surface area contributed by atoms with E-state index in [9.17, 15) is 4.79 Å². The molecule has 130 valence electrons. The Hall–Kier alpha value is -2.10. The largest absolute Gasteiger partial charge is 0.468 e. The fourth-order valence-corrected chi connectivity index (χ4v) is 5.99. The minimum atomic E-state index is -0.558. The van der Waals surface area contributed by atoms with E-state index >= 15 is 0 Å². The molecule has 2 aromatic rings. The van der Waals surface area contributed by atoms with Gasteiger partial charge in [0, 0.05) is 34.9 Å². The molecule has 0 spiro atoms. The number of nitrogens with one attached hydrogen (secondary N) is 1. The Kier molecular flexibility index (Phi) is 3.16. The van der Waals surface area contributed by atoms with Crippen LogP contribution in [0.25, 0.3) is 10.9 Å². The third kappa shape index (κ3) is 1.83. The Morgan fingerprint density at radius 2 is 2.24 bits per heavy atom. The van der Waals surface area contributed by atoms with Gasteiger partial charge in [-0.3, -0.25) is 4.79 Å². The number of fused-ring (bicyclic) bond motifs is 4. The molecule has 4 aliphatic rings. The fourth-order valence-electron chi connectivity index (χ4n) is 5.99. The maximum Gasteiger partial charge on any atom is 0.324 e. The van der Waals surface area contributed by atoms with Crippen molar-refractivity contribution in [1.82, 2.24) is 4.98 Å². The normalized spacial score (nSPS) is 32.9. The van der Waals surface area contributed by atoms with Crippen molar-refractivity contribution in [3.8, 4) is 0 Å². The van der Waals surface area contributed by atoms with Crippen LogP contribution in [-0.4, -0.2) is 41.4 Å². The molecule has 1 N–H and O–H groups in total. The number of esters is 1. The molecule has 6 rings (SSSR count). The molecule has 4 atom stereocenters. The highest BCUT2D eigenvalue weighted by Gasteiger charge is 2.65. The molecule has 25 heavy (non-hydrogen) atoms. The molecule has 1 aliphatic carbocycles. The number of aromatic nitrogens is 1. The first-order valence-electron chi connectivity index (χ1n) is 9.48. The van der Waals surface area contributed by atoms with Crippen molar-refractivity contribution in [2.45, 2.75) is 44.1 Å². The summed E-state index contributed by atoms with van der Waals surface area (Å²) in [4.78, 5) is 16.9. The van der Waals surface area contributed by atoms with Crippen LogP contribution in [0.2, 0.25) is 0 Å². The first kappa shape index (κ1) is 15.2. The number of H-pyrrole nitrogens is 1. The van der Waals surface area contributed by atoms with E-state index in [1.54, 1.807) is 7.11 Å². The number of rotatable bonds is 2. The monoisotopic (exact) mass is 337 g/mol. The number of para-hydroxylation sites is 1. The van der Waals surface area contributed by atoms with E-state index in [0.29, 0.717) is 11.8 Å². The summed E-state index contributed by atoms with van der Waals surface area (Å²) in [6.45, 7) is 3.25. The molecule has 1 saturated carbocycles. The minimum absolute atomic E-state index is 0.0616. The lowest BCUT2D eigenvalue weighted by Crippen LogP contribution is -2.63. The molecule has 4 bridgehead atoms. The summed E-state index contributed by atoms with van der Waals surface area (Å²) >= 11 is 0. The van der Waals surface area contributed by atoms with Crippen LogP contribution in [0, 0.1) is 11.8 Å². The van der Waals surface area contributed by atoms with Gasteiger partial charge in [-0.1, -0.05) is 25.1 Å². The van der Waals surface area contributed by atoms with E-state index in [-0.39, 0.29) is 12.0 Å². The quantitative estimate of drug-likeness (QED) is 0.676. The van der Waals surface area contributed by atoms with Crippen LogP contribution < -0.4 is 0 Å². The van der Waals surface area contributed by atoms with E-state index in [0.717, 1.165) is 37.0 Å². The van der Waals surface area contributed by atoms with Crippen molar-refractivity contribution in [3.63, 3.8) is 0 Å².